The van der Waals surface area contributed by atoms with Gasteiger partial charge in [-0.25, -0.2) is 0 Å². The van der Waals surface area contributed by atoms with Crippen LogP contribution in [-0.2, 0) is 9.98 Å². The van der Waals surface area contributed by atoms with Crippen molar-refractivity contribution >= 4 is 7.60 Å². The molecule has 0 amide bonds. The van der Waals surface area contributed by atoms with E-state index in [-0.39, 0.29) is 11.2 Å². The second kappa shape index (κ2) is 25.2. The van der Waals surface area contributed by atoms with Gasteiger partial charge in [-0.3, -0.25) is 4.57 Å². The van der Waals surface area contributed by atoms with Crippen molar-refractivity contribution in [2.75, 3.05) is 0 Å². The number of unbranched alkanes of at least 4 members (excludes halogenated alkanes) is 25. The van der Waals surface area contributed by atoms with E-state index in [1.165, 1.54) is 148 Å². The summed E-state index contributed by atoms with van der Waals surface area (Å²) in [4.78, 5) is 20.3. The van der Waals surface area contributed by atoms with Crippen molar-refractivity contribution in [3.63, 3.8) is 0 Å². The molecule has 0 spiro atoms. The summed E-state index contributed by atoms with van der Waals surface area (Å²) in [7, 11) is -4.29. The molecule has 0 saturated heterocycles. The van der Waals surface area contributed by atoms with E-state index in [0.29, 0.717) is 17.5 Å². The van der Waals surface area contributed by atoms with Crippen LogP contribution in [-0.4, -0.2) is 14.9 Å². The highest BCUT2D eigenvalue weighted by Gasteiger charge is 2.32. The van der Waals surface area contributed by atoms with Crippen LogP contribution < -0.4 is 0 Å². The SMILES string of the molecule is CCCCCCCCCCCCCCCCCCCCCCCCCCCCC(c1cc(C)c(O)c(C(C)(C)C)c1)P(=O)(O)O. The van der Waals surface area contributed by atoms with Crippen LogP contribution in [0, 0.1) is 6.92 Å². The minimum absolute atomic E-state index is 0.232. The monoisotopic (exact) mass is 651 g/mol. The van der Waals surface area contributed by atoms with Crippen LogP contribution in [0.4, 0.5) is 0 Å². The zero-order valence-electron chi connectivity index (χ0n) is 30.5. The van der Waals surface area contributed by atoms with Crippen molar-refractivity contribution in [1.29, 1.82) is 0 Å². The van der Waals surface area contributed by atoms with Gasteiger partial charge in [-0.05, 0) is 35.4 Å². The fraction of sp³-hybridized carbons (Fsp3) is 0.850. The number of rotatable bonds is 29. The van der Waals surface area contributed by atoms with Crippen molar-refractivity contribution in [1.82, 2.24) is 0 Å². The first-order valence-corrected chi connectivity index (χ1v) is 21.1. The lowest BCUT2D eigenvalue weighted by Gasteiger charge is -2.26. The Balaban J connectivity index is 1.98. The van der Waals surface area contributed by atoms with Crippen molar-refractivity contribution < 1.29 is 19.5 Å². The third-order valence-electron chi connectivity index (χ3n) is 9.75. The van der Waals surface area contributed by atoms with Gasteiger partial charge in [-0.15, -0.1) is 0 Å². The highest BCUT2D eigenvalue weighted by molar-refractivity contribution is 7.52. The molecule has 5 heteroatoms. The summed E-state index contributed by atoms with van der Waals surface area (Å²) in [5.74, 6) is 0.232. The highest BCUT2D eigenvalue weighted by Crippen LogP contribution is 2.55. The molecule has 0 heterocycles. The van der Waals surface area contributed by atoms with E-state index in [9.17, 15) is 19.5 Å². The maximum absolute atomic E-state index is 12.4. The predicted octanol–water partition coefficient (Wildman–Crippen LogP) is 13.8. The van der Waals surface area contributed by atoms with Gasteiger partial charge in [0.05, 0.1) is 5.66 Å². The third-order valence-corrected chi connectivity index (χ3v) is 11.1. The first kappa shape index (κ1) is 42.2. The standard InChI is InChI=1S/C40H75O4P/c1-6-7-8-9-10-11-12-13-14-15-16-17-18-19-20-21-22-23-24-25-26-27-28-29-30-31-32-38(45(42,43)44)36-33-35(2)39(41)37(34-36)40(3,4)5/h33-34,38,41H,6-32H2,1-5H3,(H2,42,43,44). The average molecular weight is 651 g/mol. The van der Waals surface area contributed by atoms with E-state index < -0.39 is 13.3 Å². The lowest BCUT2D eigenvalue weighted by atomic mass is 9.83. The zero-order valence-corrected chi connectivity index (χ0v) is 31.4. The molecule has 1 atom stereocenters. The van der Waals surface area contributed by atoms with Gasteiger partial charge < -0.3 is 14.9 Å². The summed E-state index contributed by atoms with van der Waals surface area (Å²) in [5.41, 5.74) is 0.993. The molecule has 0 aliphatic carbocycles. The van der Waals surface area contributed by atoms with Crippen molar-refractivity contribution in [3.8, 4) is 5.75 Å². The van der Waals surface area contributed by atoms with E-state index in [4.69, 9.17) is 0 Å². The molecule has 0 fully saturated rings. The lowest BCUT2D eigenvalue weighted by molar-refractivity contribution is 0.353. The van der Waals surface area contributed by atoms with E-state index in [0.717, 1.165) is 24.8 Å². The quantitative estimate of drug-likeness (QED) is 0.0595. The normalized spacial score (nSPS) is 13.0. The van der Waals surface area contributed by atoms with Crippen LogP contribution in [0.3, 0.4) is 0 Å². The molecule has 3 N–H and O–H groups in total. The maximum atomic E-state index is 12.4. The topological polar surface area (TPSA) is 77.8 Å². The fourth-order valence-corrected chi connectivity index (χ4v) is 7.81. The Kier molecular flexibility index (Phi) is 23.6. The molecule has 1 aromatic carbocycles. The number of benzene rings is 1. The molecule has 0 bridgehead atoms. The van der Waals surface area contributed by atoms with Crippen LogP contribution in [0.15, 0.2) is 12.1 Å². The highest BCUT2D eigenvalue weighted by atomic mass is 31.2. The second-order valence-corrected chi connectivity index (χ2v) is 17.0. The lowest BCUT2D eigenvalue weighted by Crippen LogP contribution is -2.13. The predicted molar refractivity (Wildman–Crippen MR) is 197 cm³/mol. The van der Waals surface area contributed by atoms with Gasteiger partial charge >= 0.3 is 7.60 Å². The average Bonchev–Trinajstić information content (AvgIpc) is 2.97. The van der Waals surface area contributed by atoms with Crippen LogP contribution in [0.1, 0.15) is 223 Å². The Morgan fingerprint density at radius 3 is 1.18 bits per heavy atom. The van der Waals surface area contributed by atoms with Gasteiger partial charge in [0.15, 0.2) is 0 Å². The minimum Gasteiger partial charge on any atom is -0.507 e. The van der Waals surface area contributed by atoms with E-state index in [2.05, 4.69) is 6.92 Å². The molecule has 4 nitrogen and oxygen atoms in total. The first-order chi connectivity index (χ1) is 21.5. The Bertz CT molecular complexity index is 900. The molecule has 1 rings (SSSR count). The van der Waals surface area contributed by atoms with Crippen LogP contribution in [0.25, 0.3) is 0 Å². The second-order valence-electron chi connectivity index (χ2n) is 15.2. The molecule has 45 heavy (non-hydrogen) atoms. The van der Waals surface area contributed by atoms with Gasteiger partial charge in [0.25, 0.3) is 0 Å². The van der Waals surface area contributed by atoms with Gasteiger partial charge in [0, 0.05) is 0 Å². The van der Waals surface area contributed by atoms with E-state index in [1.807, 2.05) is 33.8 Å². The molecule has 0 saturated carbocycles. The van der Waals surface area contributed by atoms with Crippen molar-refractivity contribution in [2.24, 2.45) is 0 Å². The summed E-state index contributed by atoms with van der Waals surface area (Å²) in [6.45, 7) is 10.1. The molecule has 264 valence electrons. The number of phenols is 1. The smallest absolute Gasteiger partial charge is 0.332 e. The summed E-state index contributed by atoms with van der Waals surface area (Å²) in [5, 5.41) is 10.5. The van der Waals surface area contributed by atoms with Crippen LogP contribution in [0.5, 0.6) is 5.75 Å². The number of phenolic OH excluding ortho intramolecular Hbond substituents is 1. The van der Waals surface area contributed by atoms with Gasteiger partial charge in [-0.2, -0.15) is 0 Å². The summed E-state index contributed by atoms with van der Waals surface area (Å²) in [6, 6.07) is 3.57. The number of hydrogen-bond acceptors (Lipinski definition) is 2. The molecular weight excluding hydrogens is 575 g/mol. The molecule has 0 aliphatic heterocycles. The summed E-state index contributed by atoms with van der Waals surface area (Å²) < 4.78 is 12.4. The van der Waals surface area contributed by atoms with Crippen molar-refractivity contribution in [3.05, 3.63) is 28.8 Å². The maximum Gasteiger partial charge on any atom is 0.332 e. The molecule has 0 aromatic heterocycles. The number of hydrogen-bond donors (Lipinski definition) is 3. The molecule has 1 aromatic rings. The number of aryl methyl sites for hydroxylation is 1. The molecule has 1 unspecified atom stereocenters. The molecule has 0 aliphatic rings. The van der Waals surface area contributed by atoms with Crippen LogP contribution >= 0.6 is 7.60 Å². The zero-order chi connectivity index (χ0) is 33.4. The third kappa shape index (κ3) is 20.9. The van der Waals surface area contributed by atoms with Gasteiger partial charge in [0.1, 0.15) is 5.75 Å². The van der Waals surface area contributed by atoms with Crippen LogP contribution in [0.2, 0.25) is 0 Å². The van der Waals surface area contributed by atoms with Crippen molar-refractivity contribution in [2.45, 2.75) is 219 Å². The Morgan fingerprint density at radius 1 is 0.578 bits per heavy atom. The molecular formula is C40H75O4P. The fourth-order valence-electron chi connectivity index (χ4n) is 6.75. The van der Waals surface area contributed by atoms with E-state index in [1.54, 1.807) is 6.07 Å². The minimum atomic E-state index is -4.29. The molecule has 0 radical (unpaired) electrons. The largest absolute Gasteiger partial charge is 0.507 e. The summed E-state index contributed by atoms with van der Waals surface area (Å²) >= 11 is 0. The van der Waals surface area contributed by atoms with Gasteiger partial charge in [-0.1, -0.05) is 207 Å². The van der Waals surface area contributed by atoms with Gasteiger partial charge in [0.2, 0.25) is 0 Å². The Labute approximate surface area is 280 Å². The Hall–Kier alpha value is -0.830. The Morgan fingerprint density at radius 2 is 0.889 bits per heavy atom. The first-order valence-electron chi connectivity index (χ1n) is 19.4. The van der Waals surface area contributed by atoms with E-state index >= 15 is 0 Å². The summed E-state index contributed by atoms with van der Waals surface area (Å²) in [6.07, 6.45) is 35.7. The number of aromatic hydroxyl groups is 1.